The van der Waals surface area contributed by atoms with Crippen molar-refractivity contribution in [3.63, 3.8) is 0 Å². The molecule has 4 aromatic heterocycles. The maximum absolute atomic E-state index is 12.4. The number of fused-ring (bicyclic) bond motifs is 1. The third-order valence-corrected chi connectivity index (χ3v) is 4.62. The number of likely N-dealkylation sites (N-methyl/N-ethyl adjacent to an activating group) is 1. The zero-order valence-corrected chi connectivity index (χ0v) is 17.6. The molecule has 31 heavy (non-hydrogen) atoms. The Morgan fingerprint density at radius 1 is 1.19 bits per heavy atom. The van der Waals surface area contributed by atoms with Gasteiger partial charge in [0, 0.05) is 61.0 Å². The lowest BCUT2D eigenvalue weighted by molar-refractivity contribution is 0.102. The highest BCUT2D eigenvalue weighted by atomic mass is 16.5. The van der Waals surface area contributed by atoms with Crippen molar-refractivity contribution in [3.8, 4) is 17.0 Å². The maximum Gasteiger partial charge on any atom is 0.256 e. The SMILES string of the molecule is CN(C)CCOc1cc2cnc(NC(=O)c3ccncc3)cc2nc1-c1cnn(C)c1. The van der Waals surface area contributed by atoms with Gasteiger partial charge >= 0.3 is 0 Å². The van der Waals surface area contributed by atoms with E-state index >= 15 is 0 Å². The molecule has 0 atom stereocenters. The molecule has 4 heterocycles. The van der Waals surface area contributed by atoms with Gasteiger partial charge in [-0.3, -0.25) is 14.5 Å². The molecular weight excluding hydrogens is 394 g/mol. The van der Waals surface area contributed by atoms with E-state index in [1.165, 1.54) is 0 Å². The summed E-state index contributed by atoms with van der Waals surface area (Å²) in [7, 11) is 5.85. The number of amides is 1. The van der Waals surface area contributed by atoms with Crippen LogP contribution in [-0.4, -0.2) is 62.8 Å². The number of hydrogen-bond donors (Lipinski definition) is 1. The number of aromatic nitrogens is 5. The fourth-order valence-electron chi connectivity index (χ4n) is 3.01. The second-order valence-electron chi connectivity index (χ2n) is 7.34. The number of hydrogen-bond acceptors (Lipinski definition) is 7. The van der Waals surface area contributed by atoms with Gasteiger partial charge in [0.2, 0.25) is 0 Å². The summed E-state index contributed by atoms with van der Waals surface area (Å²) >= 11 is 0. The van der Waals surface area contributed by atoms with Crippen LogP contribution in [0.15, 0.2) is 55.2 Å². The van der Waals surface area contributed by atoms with Crippen molar-refractivity contribution < 1.29 is 9.53 Å². The highest BCUT2D eigenvalue weighted by Gasteiger charge is 2.14. The number of carbonyl (C=O) groups excluding carboxylic acids is 1. The van der Waals surface area contributed by atoms with Crippen molar-refractivity contribution in [2.24, 2.45) is 7.05 Å². The van der Waals surface area contributed by atoms with Crippen molar-refractivity contribution in [3.05, 3.63) is 60.8 Å². The van der Waals surface area contributed by atoms with E-state index in [1.54, 1.807) is 47.7 Å². The molecule has 158 valence electrons. The molecule has 0 aliphatic carbocycles. The highest BCUT2D eigenvalue weighted by Crippen LogP contribution is 2.31. The number of nitrogens with one attached hydrogen (secondary N) is 1. The summed E-state index contributed by atoms with van der Waals surface area (Å²) in [6.07, 6.45) is 8.46. The van der Waals surface area contributed by atoms with Crippen LogP contribution in [0.25, 0.3) is 22.2 Å². The number of ether oxygens (including phenoxy) is 1. The van der Waals surface area contributed by atoms with Crippen molar-refractivity contribution in [1.82, 2.24) is 29.6 Å². The van der Waals surface area contributed by atoms with Crippen molar-refractivity contribution in [1.29, 1.82) is 0 Å². The second-order valence-corrected chi connectivity index (χ2v) is 7.34. The molecule has 0 aromatic carbocycles. The molecule has 1 amide bonds. The number of rotatable bonds is 7. The quantitative estimate of drug-likeness (QED) is 0.494. The van der Waals surface area contributed by atoms with E-state index in [1.807, 2.05) is 33.4 Å². The van der Waals surface area contributed by atoms with Crippen LogP contribution in [0, 0.1) is 0 Å². The first-order valence-electron chi connectivity index (χ1n) is 9.78. The minimum Gasteiger partial charge on any atom is -0.490 e. The Kier molecular flexibility index (Phi) is 5.85. The predicted molar refractivity (Wildman–Crippen MR) is 118 cm³/mol. The number of nitrogens with zero attached hydrogens (tertiary/aromatic N) is 6. The van der Waals surface area contributed by atoms with Crippen LogP contribution < -0.4 is 10.1 Å². The highest BCUT2D eigenvalue weighted by molar-refractivity contribution is 6.04. The number of aryl methyl sites for hydroxylation is 1. The zero-order chi connectivity index (χ0) is 21.8. The van der Waals surface area contributed by atoms with Crippen LogP contribution in [0.2, 0.25) is 0 Å². The first-order valence-corrected chi connectivity index (χ1v) is 9.78. The van der Waals surface area contributed by atoms with E-state index in [-0.39, 0.29) is 5.91 Å². The standard InChI is InChI=1S/C22H23N7O2/c1-28(2)8-9-31-19-10-16-12-24-20(27-22(30)15-4-6-23-7-5-15)11-18(16)26-21(19)17-13-25-29(3)14-17/h4-7,10-14H,8-9H2,1-3H3,(H,24,27,30). The molecule has 4 rings (SSSR count). The van der Waals surface area contributed by atoms with Gasteiger partial charge in [0.1, 0.15) is 23.9 Å². The molecule has 9 nitrogen and oxygen atoms in total. The molecule has 0 spiro atoms. The summed E-state index contributed by atoms with van der Waals surface area (Å²) in [5.74, 6) is 0.823. The van der Waals surface area contributed by atoms with Gasteiger partial charge in [-0.05, 0) is 32.3 Å². The molecule has 0 fully saturated rings. The molecule has 0 unspecified atom stereocenters. The Morgan fingerprint density at radius 3 is 2.71 bits per heavy atom. The summed E-state index contributed by atoms with van der Waals surface area (Å²) in [5.41, 5.74) is 2.74. The summed E-state index contributed by atoms with van der Waals surface area (Å²) < 4.78 is 7.75. The van der Waals surface area contributed by atoms with E-state index < -0.39 is 0 Å². The lowest BCUT2D eigenvalue weighted by Gasteiger charge is -2.14. The van der Waals surface area contributed by atoms with E-state index in [0.717, 1.165) is 17.5 Å². The first-order chi connectivity index (χ1) is 15.0. The fourth-order valence-corrected chi connectivity index (χ4v) is 3.01. The van der Waals surface area contributed by atoms with Crippen LogP contribution in [0.5, 0.6) is 5.75 Å². The summed E-state index contributed by atoms with van der Waals surface area (Å²) in [6.45, 7) is 1.31. The van der Waals surface area contributed by atoms with Crippen molar-refractivity contribution in [2.45, 2.75) is 0 Å². The zero-order valence-electron chi connectivity index (χ0n) is 17.6. The normalized spacial score (nSPS) is 11.1. The molecule has 0 saturated carbocycles. The fraction of sp³-hybridized carbons (Fsp3) is 0.227. The van der Waals surface area contributed by atoms with E-state index in [2.05, 4.69) is 25.3 Å². The molecule has 1 N–H and O–H groups in total. The van der Waals surface area contributed by atoms with Crippen LogP contribution in [-0.2, 0) is 7.05 Å². The van der Waals surface area contributed by atoms with Gasteiger partial charge in [-0.15, -0.1) is 0 Å². The van der Waals surface area contributed by atoms with Gasteiger partial charge in [0.05, 0.1) is 11.7 Å². The van der Waals surface area contributed by atoms with Crippen molar-refractivity contribution in [2.75, 3.05) is 32.6 Å². The van der Waals surface area contributed by atoms with Gasteiger partial charge in [-0.2, -0.15) is 5.10 Å². The third-order valence-electron chi connectivity index (χ3n) is 4.62. The van der Waals surface area contributed by atoms with Gasteiger partial charge in [-0.1, -0.05) is 0 Å². The number of carbonyl (C=O) groups is 1. The van der Waals surface area contributed by atoms with E-state index in [4.69, 9.17) is 9.72 Å². The van der Waals surface area contributed by atoms with Crippen LogP contribution >= 0.6 is 0 Å². The van der Waals surface area contributed by atoms with Crippen LogP contribution in [0.4, 0.5) is 5.82 Å². The Bertz CT molecular complexity index is 1210. The second kappa shape index (κ2) is 8.88. The molecule has 0 bridgehead atoms. The molecule has 0 aliphatic heterocycles. The van der Waals surface area contributed by atoms with Crippen molar-refractivity contribution >= 4 is 22.6 Å². The average molecular weight is 417 g/mol. The first kappa shape index (κ1) is 20.4. The Morgan fingerprint density at radius 2 is 2.00 bits per heavy atom. The molecule has 0 aliphatic rings. The van der Waals surface area contributed by atoms with Gasteiger partial charge < -0.3 is 15.0 Å². The smallest absolute Gasteiger partial charge is 0.256 e. The molecule has 9 heteroatoms. The maximum atomic E-state index is 12.4. The number of anilines is 1. The summed E-state index contributed by atoms with van der Waals surface area (Å²) in [6, 6.07) is 6.96. The van der Waals surface area contributed by atoms with Crippen LogP contribution in [0.3, 0.4) is 0 Å². The van der Waals surface area contributed by atoms with E-state index in [0.29, 0.717) is 34.9 Å². The lowest BCUT2D eigenvalue weighted by atomic mass is 10.1. The van der Waals surface area contributed by atoms with Gasteiger partial charge in [0.25, 0.3) is 5.91 Å². The van der Waals surface area contributed by atoms with E-state index in [9.17, 15) is 4.79 Å². The largest absolute Gasteiger partial charge is 0.490 e. The molecule has 0 saturated heterocycles. The van der Waals surface area contributed by atoms with Crippen LogP contribution in [0.1, 0.15) is 10.4 Å². The molecule has 0 radical (unpaired) electrons. The minimum absolute atomic E-state index is 0.259. The molecular formula is C22H23N7O2. The average Bonchev–Trinajstić information content (AvgIpc) is 3.19. The Labute approximate surface area is 179 Å². The summed E-state index contributed by atoms with van der Waals surface area (Å²) in [5, 5.41) is 7.87. The van der Waals surface area contributed by atoms with Gasteiger partial charge in [-0.25, -0.2) is 9.97 Å². The number of pyridine rings is 3. The topological polar surface area (TPSA) is 98.1 Å². The Hall–Kier alpha value is -3.85. The lowest BCUT2D eigenvalue weighted by Crippen LogP contribution is -2.19. The third kappa shape index (κ3) is 4.84. The Balaban J connectivity index is 1.67. The predicted octanol–water partition coefficient (Wildman–Crippen LogP) is 2.62. The minimum atomic E-state index is -0.259. The monoisotopic (exact) mass is 417 g/mol. The summed E-state index contributed by atoms with van der Waals surface area (Å²) in [4.78, 5) is 27.6. The molecule has 4 aromatic rings. The van der Waals surface area contributed by atoms with Gasteiger partial charge in [0.15, 0.2) is 0 Å².